The number of aromatic nitrogens is 1. The Kier molecular flexibility index (Phi) is 9.47. The highest BCUT2D eigenvalue weighted by Gasteiger charge is 2.36. The van der Waals surface area contributed by atoms with Crippen molar-refractivity contribution in [2.24, 2.45) is 5.92 Å². The molecule has 3 aliphatic rings. The number of benzene rings is 1. The van der Waals surface area contributed by atoms with E-state index in [4.69, 9.17) is 4.74 Å². The summed E-state index contributed by atoms with van der Waals surface area (Å²) in [5, 5.41) is 2.91. The number of amides is 2. The summed E-state index contributed by atoms with van der Waals surface area (Å²) in [6.07, 6.45) is 13.4. The Labute approximate surface area is 246 Å². The van der Waals surface area contributed by atoms with Crippen molar-refractivity contribution in [2.45, 2.75) is 64.5 Å². The Morgan fingerprint density at radius 1 is 1.21 bits per heavy atom. The third-order valence-electron chi connectivity index (χ3n) is 8.63. The molecule has 0 radical (unpaired) electrons. The molecule has 1 aromatic heterocycles. The van der Waals surface area contributed by atoms with Crippen LogP contribution in [0.5, 0.6) is 5.75 Å². The van der Waals surface area contributed by atoms with E-state index >= 15 is 0 Å². The van der Waals surface area contributed by atoms with Crippen molar-refractivity contribution < 1.29 is 23.5 Å². The maximum absolute atomic E-state index is 13.9. The third kappa shape index (κ3) is 7.13. The van der Waals surface area contributed by atoms with Gasteiger partial charge in [-0.2, -0.15) is 0 Å². The molecule has 8 nitrogen and oxygen atoms in total. The number of nitrogens with one attached hydrogen (secondary N) is 1. The van der Waals surface area contributed by atoms with Crippen molar-refractivity contribution in [2.75, 3.05) is 32.1 Å². The molecule has 1 saturated heterocycles. The molecule has 2 atom stereocenters. The van der Waals surface area contributed by atoms with Crippen molar-refractivity contribution >= 4 is 35.1 Å². The van der Waals surface area contributed by atoms with Gasteiger partial charge in [0.1, 0.15) is 23.4 Å². The number of ketones is 1. The summed E-state index contributed by atoms with van der Waals surface area (Å²) in [4.78, 5) is 45.7. The Hall–Kier alpha value is -3.85. The van der Waals surface area contributed by atoms with Gasteiger partial charge < -0.3 is 15.0 Å². The van der Waals surface area contributed by atoms with Crippen LogP contribution in [0.25, 0.3) is 11.6 Å². The number of anilines is 1. The fourth-order valence-electron chi connectivity index (χ4n) is 6.22. The normalized spacial score (nSPS) is 22.6. The molecule has 0 saturated carbocycles. The molecular weight excluding hydrogens is 535 g/mol. The standard InChI is InChI=1S/C33H39FN4O4/c1-22(39)37-15-16-38-20-26-17-24(19-35-32(26)36-33(41)30(38)21-37)10-13-28(40)12-9-23-5-3-7-25(8-4-6-23)29-18-27(34)11-14-31(29)42-2/h7,10-11,13-14,17-19,23,30H,3-6,8-9,12,15-16,20-21H2,1-2H3,(H,35,36,41)/b13-10+,25-7+. The lowest BCUT2D eigenvalue weighted by Crippen LogP contribution is -2.57. The van der Waals surface area contributed by atoms with Gasteiger partial charge in [-0.1, -0.05) is 12.5 Å². The van der Waals surface area contributed by atoms with Gasteiger partial charge in [0, 0.05) is 56.8 Å². The molecule has 1 N–H and O–H groups in total. The molecule has 1 fully saturated rings. The Morgan fingerprint density at radius 3 is 2.88 bits per heavy atom. The van der Waals surface area contributed by atoms with Crippen LogP contribution in [0.1, 0.15) is 68.6 Å². The number of carbonyl (C=O) groups is 3. The van der Waals surface area contributed by atoms with Gasteiger partial charge in [-0.25, -0.2) is 9.37 Å². The van der Waals surface area contributed by atoms with Crippen LogP contribution < -0.4 is 10.1 Å². The third-order valence-corrected chi connectivity index (χ3v) is 8.63. The maximum atomic E-state index is 13.9. The number of fused-ring (bicyclic) bond motifs is 2. The van der Waals surface area contributed by atoms with Crippen molar-refractivity contribution in [1.29, 1.82) is 0 Å². The predicted molar refractivity (Wildman–Crippen MR) is 160 cm³/mol. The van der Waals surface area contributed by atoms with Crippen molar-refractivity contribution in [1.82, 2.24) is 14.8 Å². The summed E-state index contributed by atoms with van der Waals surface area (Å²) in [5.41, 5.74) is 3.68. The highest BCUT2D eigenvalue weighted by molar-refractivity contribution is 5.96. The van der Waals surface area contributed by atoms with Gasteiger partial charge >= 0.3 is 0 Å². The molecule has 1 aliphatic carbocycles. The summed E-state index contributed by atoms with van der Waals surface area (Å²) in [7, 11) is 1.61. The second kappa shape index (κ2) is 13.4. The first-order valence-electron chi connectivity index (χ1n) is 14.8. The van der Waals surface area contributed by atoms with E-state index in [0.29, 0.717) is 50.1 Å². The minimum atomic E-state index is -0.406. The van der Waals surface area contributed by atoms with Crippen LogP contribution >= 0.6 is 0 Å². The minimum Gasteiger partial charge on any atom is -0.496 e. The van der Waals surface area contributed by atoms with E-state index in [-0.39, 0.29) is 23.4 Å². The van der Waals surface area contributed by atoms with Crippen LogP contribution in [-0.2, 0) is 20.9 Å². The highest BCUT2D eigenvalue weighted by Crippen LogP contribution is 2.34. The molecule has 42 heavy (non-hydrogen) atoms. The molecule has 2 aromatic rings. The van der Waals surface area contributed by atoms with Crippen molar-refractivity contribution in [3.8, 4) is 5.75 Å². The van der Waals surface area contributed by atoms with E-state index < -0.39 is 6.04 Å². The van der Waals surface area contributed by atoms with Gasteiger partial charge in [-0.3, -0.25) is 19.3 Å². The van der Waals surface area contributed by atoms with Crippen LogP contribution in [-0.4, -0.2) is 65.2 Å². The topological polar surface area (TPSA) is 91.8 Å². The van der Waals surface area contributed by atoms with Crippen molar-refractivity contribution in [3.05, 3.63) is 65.1 Å². The lowest BCUT2D eigenvalue weighted by molar-refractivity contribution is -0.134. The first-order valence-corrected chi connectivity index (χ1v) is 14.8. The van der Waals surface area contributed by atoms with Gasteiger partial charge in [0.15, 0.2) is 5.78 Å². The quantitative estimate of drug-likeness (QED) is 0.455. The molecule has 5 rings (SSSR count). The average molecular weight is 575 g/mol. The number of allylic oxidation sites excluding steroid dienone is 3. The van der Waals surface area contributed by atoms with E-state index in [1.165, 1.54) is 13.0 Å². The number of hydrogen-bond acceptors (Lipinski definition) is 6. The van der Waals surface area contributed by atoms with Gasteiger partial charge in [0.2, 0.25) is 11.8 Å². The first-order chi connectivity index (χ1) is 20.3. The molecule has 2 amide bonds. The average Bonchev–Trinajstić information content (AvgIpc) is 3.10. The monoisotopic (exact) mass is 574 g/mol. The van der Waals surface area contributed by atoms with Crippen LogP contribution in [0.3, 0.4) is 0 Å². The summed E-state index contributed by atoms with van der Waals surface area (Å²) in [6, 6.07) is 6.22. The van der Waals surface area contributed by atoms with E-state index in [1.807, 2.05) is 6.07 Å². The number of hydrogen-bond donors (Lipinski definition) is 1. The highest BCUT2D eigenvalue weighted by atomic mass is 19.1. The Morgan fingerprint density at radius 2 is 2.07 bits per heavy atom. The second-order valence-corrected chi connectivity index (χ2v) is 11.5. The molecular formula is C33H39FN4O4. The Bertz CT molecular complexity index is 1400. The molecule has 3 heterocycles. The van der Waals surface area contributed by atoms with Crippen molar-refractivity contribution in [3.63, 3.8) is 0 Å². The zero-order chi connectivity index (χ0) is 29.6. The Balaban J connectivity index is 1.14. The van der Waals surface area contributed by atoms with Crippen LogP contribution in [0.2, 0.25) is 0 Å². The summed E-state index contributed by atoms with van der Waals surface area (Å²) in [5.74, 6) is 1.35. The van der Waals surface area contributed by atoms with Crippen LogP contribution in [0.4, 0.5) is 10.2 Å². The number of nitrogens with zero attached hydrogens (tertiary/aromatic N) is 3. The number of piperazine rings is 1. The molecule has 2 aliphatic heterocycles. The smallest absolute Gasteiger partial charge is 0.244 e. The summed E-state index contributed by atoms with van der Waals surface area (Å²) < 4.78 is 19.3. The lowest BCUT2D eigenvalue weighted by Gasteiger charge is -2.38. The van der Waals surface area contributed by atoms with Gasteiger partial charge in [0.25, 0.3) is 0 Å². The van der Waals surface area contributed by atoms with Gasteiger partial charge in [-0.05, 0) is 85.6 Å². The maximum Gasteiger partial charge on any atom is 0.244 e. The summed E-state index contributed by atoms with van der Waals surface area (Å²) in [6.45, 7) is 3.66. The molecule has 2 unspecified atom stereocenters. The molecule has 222 valence electrons. The zero-order valence-corrected chi connectivity index (χ0v) is 24.4. The number of methoxy groups -OCH3 is 1. The predicted octanol–water partition coefficient (Wildman–Crippen LogP) is 5.24. The number of pyridine rings is 1. The van der Waals surface area contributed by atoms with E-state index in [9.17, 15) is 18.8 Å². The fourth-order valence-corrected chi connectivity index (χ4v) is 6.22. The number of rotatable bonds is 7. The number of halogens is 1. The first kappa shape index (κ1) is 29.6. The number of ether oxygens (including phenoxy) is 1. The van der Waals surface area contributed by atoms with Gasteiger partial charge in [0.05, 0.1) is 7.11 Å². The molecule has 0 spiro atoms. The lowest BCUT2D eigenvalue weighted by atomic mass is 9.86. The van der Waals surface area contributed by atoms with E-state index in [2.05, 4.69) is 21.3 Å². The van der Waals surface area contributed by atoms with E-state index in [1.54, 1.807) is 42.5 Å². The fraction of sp³-hybridized carbons (Fsp3) is 0.455. The summed E-state index contributed by atoms with van der Waals surface area (Å²) >= 11 is 0. The number of carbonyl (C=O) groups excluding carboxylic acids is 3. The minimum absolute atomic E-state index is 0.0261. The molecule has 1 aromatic carbocycles. The van der Waals surface area contributed by atoms with Crippen LogP contribution in [0, 0.1) is 11.7 Å². The largest absolute Gasteiger partial charge is 0.496 e. The molecule has 9 heteroatoms. The molecule has 0 bridgehead atoms. The SMILES string of the molecule is COc1ccc(F)cc1/C1=C/CCC(CCC(=O)/C=C/c2cnc3c(c2)CN2CCN(C(C)=O)CC2C(=O)N3)CCC1. The van der Waals surface area contributed by atoms with E-state index in [0.717, 1.165) is 60.8 Å². The second-order valence-electron chi connectivity index (χ2n) is 11.5. The zero-order valence-electron chi connectivity index (χ0n) is 24.4. The van der Waals surface area contributed by atoms with Gasteiger partial charge in [-0.15, -0.1) is 0 Å². The van der Waals surface area contributed by atoms with Crippen LogP contribution in [0.15, 0.2) is 42.6 Å².